The summed E-state index contributed by atoms with van der Waals surface area (Å²) in [7, 11) is -2.06. The van der Waals surface area contributed by atoms with Crippen LogP contribution in [0, 0.1) is 13.8 Å². The van der Waals surface area contributed by atoms with Gasteiger partial charge >= 0.3 is 0 Å². The zero-order valence-electron chi connectivity index (χ0n) is 15.1. The number of nitrogens with zero attached hydrogens (tertiary/aromatic N) is 2. The van der Waals surface area contributed by atoms with Crippen LogP contribution in [0.25, 0.3) is 0 Å². The minimum Gasteiger partial charge on any atom is -0.497 e. The fourth-order valence-corrected chi connectivity index (χ4v) is 5.51. The molecule has 0 N–H and O–H groups in total. The van der Waals surface area contributed by atoms with E-state index in [2.05, 4.69) is 37.0 Å². The zero-order chi connectivity index (χ0) is 18.7. The fraction of sp³-hybridized carbons (Fsp3) is 0.316. The van der Waals surface area contributed by atoms with Gasteiger partial charge in [0, 0.05) is 5.75 Å². The third-order valence-electron chi connectivity index (χ3n) is 4.27. The number of aryl methyl sites for hydroxylation is 2. The van der Waals surface area contributed by atoms with Crippen LogP contribution < -0.4 is 4.74 Å². The second-order valence-electron chi connectivity index (χ2n) is 6.14. The maximum atomic E-state index is 13.0. The molecular formula is C19H22N2O3S2. The van der Waals surface area contributed by atoms with Gasteiger partial charge in [0.2, 0.25) is 0 Å². The van der Waals surface area contributed by atoms with Crippen LogP contribution in [0.5, 0.6) is 5.75 Å². The van der Waals surface area contributed by atoms with E-state index in [4.69, 9.17) is 4.74 Å². The lowest BCUT2D eigenvalue weighted by Gasteiger charge is -2.20. The number of hydrogen-bond acceptors (Lipinski definition) is 5. The van der Waals surface area contributed by atoms with Crippen LogP contribution in [0.4, 0.5) is 0 Å². The summed E-state index contributed by atoms with van der Waals surface area (Å²) in [5.74, 6) is 1.32. The minimum absolute atomic E-state index is 0.250. The van der Waals surface area contributed by atoms with Crippen LogP contribution in [0.1, 0.15) is 16.7 Å². The number of amidine groups is 1. The van der Waals surface area contributed by atoms with Crippen LogP contribution in [0.3, 0.4) is 0 Å². The summed E-state index contributed by atoms with van der Waals surface area (Å²) < 4.78 is 32.4. The van der Waals surface area contributed by atoms with Gasteiger partial charge in [-0.2, -0.15) is 0 Å². The Balaban J connectivity index is 1.77. The van der Waals surface area contributed by atoms with Gasteiger partial charge in [0.25, 0.3) is 10.0 Å². The van der Waals surface area contributed by atoms with Crippen molar-refractivity contribution in [1.82, 2.24) is 4.31 Å². The van der Waals surface area contributed by atoms with Gasteiger partial charge in [-0.15, -0.1) is 0 Å². The Morgan fingerprint density at radius 3 is 2.58 bits per heavy atom. The van der Waals surface area contributed by atoms with Crippen molar-refractivity contribution in [2.45, 2.75) is 24.5 Å². The molecule has 5 nitrogen and oxygen atoms in total. The van der Waals surface area contributed by atoms with E-state index in [0.717, 1.165) is 0 Å². The first-order chi connectivity index (χ1) is 12.4. The number of benzene rings is 2. The molecule has 0 amide bonds. The Hall–Kier alpha value is -1.99. The van der Waals surface area contributed by atoms with Crippen LogP contribution in [-0.4, -0.2) is 38.1 Å². The number of rotatable bonds is 5. The van der Waals surface area contributed by atoms with E-state index in [1.165, 1.54) is 32.8 Å². The van der Waals surface area contributed by atoms with Crippen molar-refractivity contribution in [2.24, 2.45) is 4.99 Å². The molecule has 0 bridgehead atoms. The Labute approximate surface area is 159 Å². The average molecular weight is 391 g/mol. The van der Waals surface area contributed by atoms with Gasteiger partial charge in [-0.3, -0.25) is 4.99 Å². The summed E-state index contributed by atoms with van der Waals surface area (Å²) >= 11 is 1.47. The van der Waals surface area contributed by atoms with Crippen molar-refractivity contribution >= 4 is 27.0 Å². The van der Waals surface area contributed by atoms with Crippen LogP contribution in [0.2, 0.25) is 0 Å². The maximum absolute atomic E-state index is 13.0. The molecule has 1 aliphatic rings. The molecule has 1 heterocycles. The van der Waals surface area contributed by atoms with E-state index in [9.17, 15) is 8.42 Å². The minimum atomic E-state index is -3.61. The van der Waals surface area contributed by atoms with Gasteiger partial charge in [0.05, 0.1) is 25.1 Å². The van der Waals surface area contributed by atoms with Gasteiger partial charge in [-0.1, -0.05) is 35.5 Å². The second-order valence-corrected chi connectivity index (χ2v) is 8.94. The van der Waals surface area contributed by atoms with E-state index in [0.29, 0.717) is 29.8 Å². The van der Waals surface area contributed by atoms with Crippen LogP contribution in [-0.2, 0) is 15.8 Å². The van der Waals surface area contributed by atoms with E-state index >= 15 is 0 Å². The molecule has 2 aromatic rings. The predicted octanol–water partition coefficient (Wildman–Crippen LogP) is 3.61. The van der Waals surface area contributed by atoms with Crippen molar-refractivity contribution in [3.63, 3.8) is 0 Å². The van der Waals surface area contributed by atoms with E-state index in [1.54, 1.807) is 31.4 Å². The first-order valence-electron chi connectivity index (χ1n) is 8.32. The molecule has 3 rings (SSSR count). The lowest BCUT2D eigenvalue weighted by molar-refractivity contribution is 0.414. The molecule has 0 radical (unpaired) electrons. The quantitative estimate of drug-likeness (QED) is 0.783. The van der Waals surface area contributed by atoms with E-state index < -0.39 is 10.0 Å². The summed E-state index contributed by atoms with van der Waals surface area (Å²) in [6, 6.07) is 12.8. The SMILES string of the molecule is COc1ccc(S(=O)(=O)N2CCN=C2SCc2cc(C)ccc2C)cc1. The molecule has 138 valence electrons. The number of ether oxygens (including phenoxy) is 1. The largest absolute Gasteiger partial charge is 0.497 e. The monoisotopic (exact) mass is 390 g/mol. The molecule has 0 saturated heterocycles. The number of hydrogen-bond donors (Lipinski definition) is 0. The molecule has 0 aliphatic carbocycles. The summed E-state index contributed by atoms with van der Waals surface area (Å²) in [4.78, 5) is 4.66. The van der Waals surface area contributed by atoms with Gasteiger partial charge in [-0.25, -0.2) is 12.7 Å². The van der Waals surface area contributed by atoms with Crippen molar-refractivity contribution in [1.29, 1.82) is 0 Å². The van der Waals surface area contributed by atoms with Gasteiger partial charge in [-0.05, 0) is 49.2 Å². The smallest absolute Gasteiger partial charge is 0.265 e. The standard InChI is InChI=1S/C19H22N2O3S2/c1-14-4-5-15(2)16(12-14)13-25-19-20-10-11-21(19)26(22,23)18-8-6-17(24-3)7-9-18/h4-9,12H,10-11,13H2,1-3H3. The first kappa shape index (κ1) is 18.8. The zero-order valence-corrected chi connectivity index (χ0v) is 16.7. The third-order valence-corrected chi connectivity index (χ3v) is 7.25. The van der Waals surface area contributed by atoms with Gasteiger partial charge < -0.3 is 4.74 Å². The molecule has 0 aromatic heterocycles. The molecule has 0 fully saturated rings. The number of methoxy groups -OCH3 is 1. The Bertz CT molecular complexity index is 922. The van der Waals surface area contributed by atoms with Crippen molar-refractivity contribution < 1.29 is 13.2 Å². The average Bonchev–Trinajstić information content (AvgIpc) is 3.12. The summed E-state index contributed by atoms with van der Waals surface area (Å²) in [6.45, 7) is 4.99. The fourth-order valence-electron chi connectivity index (χ4n) is 2.72. The summed E-state index contributed by atoms with van der Waals surface area (Å²) in [5.41, 5.74) is 3.60. The van der Waals surface area contributed by atoms with Crippen LogP contribution >= 0.6 is 11.8 Å². The second kappa shape index (κ2) is 7.72. The van der Waals surface area contributed by atoms with Gasteiger partial charge in [0.1, 0.15) is 5.75 Å². The molecule has 0 saturated carbocycles. The molecule has 0 unspecified atom stereocenters. The summed E-state index contributed by atoms with van der Waals surface area (Å²) in [6.07, 6.45) is 0. The third kappa shape index (κ3) is 3.88. The van der Waals surface area contributed by atoms with Crippen molar-refractivity contribution in [3.8, 4) is 5.75 Å². The lowest BCUT2D eigenvalue weighted by atomic mass is 10.1. The molecule has 0 atom stereocenters. The van der Waals surface area contributed by atoms with E-state index in [-0.39, 0.29) is 4.90 Å². The Kier molecular flexibility index (Phi) is 5.58. The molecular weight excluding hydrogens is 368 g/mol. The summed E-state index contributed by atoms with van der Waals surface area (Å²) in [5, 5.41) is 0.557. The molecule has 2 aromatic carbocycles. The van der Waals surface area contributed by atoms with E-state index in [1.807, 2.05) is 0 Å². The Morgan fingerprint density at radius 1 is 1.15 bits per heavy atom. The normalized spacial score (nSPS) is 14.4. The highest BCUT2D eigenvalue weighted by molar-refractivity contribution is 8.14. The number of aliphatic imine (C=N–C) groups is 1. The van der Waals surface area contributed by atoms with Crippen molar-refractivity contribution in [3.05, 3.63) is 59.2 Å². The van der Waals surface area contributed by atoms with Crippen LogP contribution in [0.15, 0.2) is 52.4 Å². The molecule has 0 spiro atoms. The number of thioether (sulfide) groups is 1. The van der Waals surface area contributed by atoms with Gasteiger partial charge in [0.15, 0.2) is 5.17 Å². The topological polar surface area (TPSA) is 59.0 Å². The molecule has 7 heteroatoms. The number of sulfonamides is 1. The maximum Gasteiger partial charge on any atom is 0.265 e. The first-order valence-corrected chi connectivity index (χ1v) is 10.7. The highest BCUT2D eigenvalue weighted by atomic mass is 32.2. The van der Waals surface area contributed by atoms with Crippen molar-refractivity contribution in [2.75, 3.05) is 20.2 Å². The highest BCUT2D eigenvalue weighted by Gasteiger charge is 2.31. The predicted molar refractivity (Wildman–Crippen MR) is 106 cm³/mol. The highest BCUT2D eigenvalue weighted by Crippen LogP contribution is 2.27. The lowest BCUT2D eigenvalue weighted by Crippen LogP contribution is -2.32. The Morgan fingerprint density at radius 2 is 1.88 bits per heavy atom. The molecule has 26 heavy (non-hydrogen) atoms. The molecule has 1 aliphatic heterocycles.